The molecule has 0 aliphatic carbocycles. The summed E-state index contributed by atoms with van der Waals surface area (Å²) < 4.78 is 26.7. The van der Waals surface area contributed by atoms with Crippen LogP contribution >= 0.6 is 12.4 Å². The van der Waals surface area contributed by atoms with E-state index in [1.807, 2.05) is 7.05 Å². The Morgan fingerprint density at radius 3 is 2.88 bits per heavy atom. The fourth-order valence-electron chi connectivity index (χ4n) is 2.63. The number of piperidine rings is 1. The summed E-state index contributed by atoms with van der Waals surface area (Å²) in [5.74, 6) is -0.134. The lowest BCUT2D eigenvalue weighted by Crippen LogP contribution is -2.47. The van der Waals surface area contributed by atoms with Crippen LogP contribution in [0, 0.1) is 0 Å². The molecule has 134 valence electrons. The molecule has 0 saturated carbocycles. The number of carbonyl (C=O) groups excluding carboxylic acids is 1. The van der Waals surface area contributed by atoms with E-state index >= 15 is 0 Å². The number of amides is 1. The molecule has 1 aromatic rings. The second-order valence-electron chi connectivity index (χ2n) is 5.55. The van der Waals surface area contributed by atoms with Gasteiger partial charge in [-0.2, -0.15) is 0 Å². The van der Waals surface area contributed by atoms with Crippen LogP contribution in [0.15, 0.2) is 41.8 Å². The molecule has 1 unspecified atom stereocenters. The molecule has 24 heavy (non-hydrogen) atoms. The smallest absolute Gasteiger partial charge is 0.253 e. The van der Waals surface area contributed by atoms with Crippen molar-refractivity contribution in [2.75, 3.05) is 26.7 Å². The summed E-state index contributed by atoms with van der Waals surface area (Å²) in [6, 6.07) is 6.44. The highest BCUT2D eigenvalue weighted by Gasteiger charge is 2.24. The molecule has 1 aliphatic heterocycles. The third-order valence-electron chi connectivity index (χ3n) is 3.93. The van der Waals surface area contributed by atoms with E-state index in [1.54, 1.807) is 17.0 Å². The van der Waals surface area contributed by atoms with Crippen molar-refractivity contribution in [3.63, 3.8) is 0 Å². The monoisotopic (exact) mass is 373 g/mol. The summed E-state index contributed by atoms with van der Waals surface area (Å²) in [5, 5.41) is 3.19. The first-order chi connectivity index (χ1) is 11.0. The number of hydrogen-bond acceptors (Lipinski definition) is 4. The van der Waals surface area contributed by atoms with E-state index < -0.39 is 10.0 Å². The van der Waals surface area contributed by atoms with Gasteiger partial charge < -0.3 is 10.2 Å². The number of likely N-dealkylation sites (N-methyl/N-ethyl adjacent to an activating group) is 1. The lowest BCUT2D eigenvalue weighted by atomic mass is 10.0. The molecule has 1 amide bonds. The number of benzene rings is 1. The summed E-state index contributed by atoms with van der Waals surface area (Å²) in [6.45, 7) is 4.97. The molecule has 0 aromatic heterocycles. The number of halogens is 1. The molecule has 1 aromatic carbocycles. The lowest BCUT2D eigenvalue weighted by Gasteiger charge is -2.32. The second-order valence-corrected chi connectivity index (χ2v) is 7.31. The molecule has 1 fully saturated rings. The molecule has 1 saturated heterocycles. The normalized spacial score (nSPS) is 17.9. The summed E-state index contributed by atoms with van der Waals surface area (Å²) in [5.41, 5.74) is 0.392. The first kappa shape index (κ1) is 20.6. The molecule has 1 atom stereocenters. The van der Waals surface area contributed by atoms with Gasteiger partial charge in [0.1, 0.15) is 0 Å². The van der Waals surface area contributed by atoms with Crippen LogP contribution < -0.4 is 10.0 Å². The second kappa shape index (κ2) is 9.17. The Bertz CT molecular complexity index is 679. The number of sulfonamides is 1. The Hall–Kier alpha value is -1.41. The number of nitrogens with zero attached hydrogens (tertiary/aromatic N) is 1. The standard InChI is InChI=1S/C16H23N3O3S.ClH/c1-3-9-18-23(21,22)15-8-4-6-13(11-15)16(20)19-10-5-7-14(12-19)17-2;/h3-4,6,8,11,14,17-18H,1,5,7,9-10,12H2,2H3;1H. The first-order valence-corrected chi connectivity index (χ1v) is 9.13. The average molecular weight is 374 g/mol. The third-order valence-corrected chi connectivity index (χ3v) is 5.35. The summed E-state index contributed by atoms with van der Waals surface area (Å²) in [6.07, 6.45) is 3.45. The van der Waals surface area contributed by atoms with Gasteiger partial charge in [0.15, 0.2) is 0 Å². The summed E-state index contributed by atoms with van der Waals surface area (Å²) >= 11 is 0. The van der Waals surface area contributed by atoms with Gasteiger partial charge in [0.05, 0.1) is 4.90 Å². The SMILES string of the molecule is C=CCNS(=O)(=O)c1cccc(C(=O)N2CCCC(NC)C2)c1.Cl. The van der Waals surface area contributed by atoms with Crippen LogP contribution in [0.5, 0.6) is 0 Å². The Morgan fingerprint density at radius 1 is 1.46 bits per heavy atom. The Balaban J connectivity index is 0.00000288. The van der Waals surface area contributed by atoms with Gasteiger partial charge in [-0.3, -0.25) is 4.79 Å². The van der Waals surface area contributed by atoms with E-state index in [4.69, 9.17) is 0 Å². The molecular weight excluding hydrogens is 350 g/mol. The van der Waals surface area contributed by atoms with Crippen molar-refractivity contribution in [3.05, 3.63) is 42.5 Å². The van der Waals surface area contributed by atoms with Gasteiger partial charge in [0.25, 0.3) is 5.91 Å². The number of likely N-dealkylation sites (tertiary alicyclic amines) is 1. The number of nitrogens with one attached hydrogen (secondary N) is 2. The van der Waals surface area contributed by atoms with Gasteiger partial charge in [-0.25, -0.2) is 13.1 Å². The van der Waals surface area contributed by atoms with Gasteiger partial charge in [0, 0.05) is 31.2 Å². The third kappa shape index (κ3) is 5.04. The molecule has 1 heterocycles. The highest BCUT2D eigenvalue weighted by Crippen LogP contribution is 2.17. The molecule has 0 spiro atoms. The topological polar surface area (TPSA) is 78.5 Å². The van der Waals surface area contributed by atoms with Gasteiger partial charge in [-0.1, -0.05) is 12.1 Å². The Morgan fingerprint density at radius 2 is 2.21 bits per heavy atom. The largest absolute Gasteiger partial charge is 0.337 e. The Kier molecular flexibility index (Phi) is 7.89. The van der Waals surface area contributed by atoms with E-state index in [1.165, 1.54) is 18.2 Å². The minimum Gasteiger partial charge on any atom is -0.337 e. The predicted octanol–water partition coefficient (Wildman–Crippen LogP) is 1.40. The minimum absolute atomic E-state index is 0. The summed E-state index contributed by atoms with van der Waals surface area (Å²) in [7, 11) is -1.74. The van der Waals surface area contributed by atoms with Crippen molar-refractivity contribution in [2.45, 2.75) is 23.8 Å². The molecule has 6 nitrogen and oxygen atoms in total. The van der Waals surface area contributed by atoms with Crippen molar-refractivity contribution in [2.24, 2.45) is 0 Å². The highest BCUT2D eigenvalue weighted by atomic mass is 35.5. The number of carbonyl (C=O) groups is 1. The van der Waals surface area contributed by atoms with Crippen LogP contribution in [0.2, 0.25) is 0 Å². The maximum atomic E-state index is 12.6. The first-order valence-electron chi connectivity index (χ1n) is 7.65. The van der Waals surface area contributed by atoms with Crippen molar-refractivity contribution in [1.29, 1.82) is 0 Å². The fourth-order valence-corrected chi connectivity index (χ4v) is 3.67. The van der Waals surface area contributed by atoms with E-state index in [9.17, 15) is 13.2 Å². The van der Waals surface area contributed by atoms with Crippen LogP contribution in [-0.2, 0) is 10.0 Å². The maximum absolute atomic E-state index is 12.6. The Labute approximate surface area is 149 Å². The van der Waals surface area contributed by atoms with Crippen LogP contribution in [-0.4, -0.2) is 51.9 Å². The zero-order valence-corrected chi connectivity index (χ0v) is 15.3. The molecular formula is C16H24ClN3O3S. The van der Waals surface area contributed by atoms with Gasteiger partial charge >= 0.3 is 0 Å². The number of rotatable bonds is 6. The number of hydrogen-bond donors (Lipinski definition) is 2. The van der Waals surface area contributed by atoms with E-state index in [0.29, 0.717) is 18.7 Å². The molecule has 2 N–H and O–H groups in total. The van der Waals surface area contributed by atoms with Crippen molar-refractivity contribution >= 4 is 28.3 Å². The lowest BCUT2D eigenvalue weighted by molar-refractivity contribution is 0.0698. The van der Waals surface area contributed by atoms with Crippen LogP contribution in [0.1, 0.15) is 23.2 Å². The van der Waals surface area contributed by atoms with E-state index in [-0.39, 0.29) is 35.8 Å². The molecule has 8 heteroatoms. The average Bonchev–Trinajstić information content (AvgIpc) is 2.59. The zero-order valence-electron chi connectivity index (χ0n) is 13.7. The fraction of sp³-hybridized carbons (Fsp3) is 0.438. The van der Waals surface area contributed by atoms with Crippen LogP contribution in [0.25, 0.3) is 0 Å². The molecule has 2 rings (SSSR count). The molecule has 0 bridgehead atoms. The zero-order chi connectivity index (χ0) is 16.9. The van der Waals surface area contributed by atoms with Gasteiger partial charge in [-0.05, 0) is 38.1 Å². The van der Waals surface area contributed by atoms with Crippen molar-refractivity contribution in [3.8, 4) is 0 Å². The molecule has 1 aliphatic rings. The van der Waals surface area contributed by atoms with Crippen LogP contribution in [0.4, 0.5) is 0 Å². The molecule has 0 radical (unpaired) electrons. The van der Waals surface area contributed by atoms with Gasteiger partial charge in [-0.15, -0.1) is 19.0 Å². The van der Waals surface area contributed by atoms with Crippen LogP contribution in [0.3, 0.4) is 0 Å². The predicted molar refractivity (Wildman–Crippen MR) is 97.1 cm³/mol. The minimum atomic E-state index is -3.63. The highest BCUT2D eigenvalue weighted by molar-refractivity contribution is 7.89. The van der Waals surface area contributed by atoms with E-state index in [0.717, 1.165) is 12.8 Å². The van der Waals surface area contributed by atoms with Crippen molar-refractivity contribution < 1.29 is 13.2 Å². The van der Waals surface area contributed by atoms with Gasteiger partial charge in [0.2, 0.25) is 10.0 Å². The quantitative estimate of drug-likeness (QED) is 0.739. The summed E-state index contributed by atoms with van der Waals surface area (Å²) in [4.78, 5) is 14.5. The van der Waals surface area contributed by atoms with Crippen molar-refractivity contribution in [1.82, 2.24) is 14.9 Å². The maximum Gasteiger partial charge on any atom is 0.253 e. The van der Waals surface area contributed by atoms with E-state index in [2.05, 4.69) is 16.6 Å².